The van der Waals surface area contributed by atoms with Gasteiger partial charge in [-0.15, -0.1) is 11.3 Å². The molecule has 26 heavy (non-hydrogen) atoms. The topological polar surface area (TPSA) is 52.8 Å². The summed E-state index contributed by atoms with van der Waals surface area (Å²) in [6, 6.07) is 5.07. The van der Waals surface area contributed by atoms with Crippen molar-refractivity contribution in [2.75, 3.05) is 7.11 Å². The van der Waals surface area contributed by atoms with E-state index in [-0.39, 0.29) is 5.75 Å². The molecule has 0 fully saturated rings. The molecule has 0 bridgehead atoms. The predicted octanol–water partition coefficient (Wildman–Crippen LogP) is 4.87. The highest BCUT2D eigenvalue weighted by Gasteiger charge is 2.21. The lowest BCUT2D eigenvalue weighted by Crippen LogP contribution is -1.97. The third kappa shape index (κ3) is 2.55. The van der Waals surface area contributed by atoms with Crippen LogP contribution < -0.4 is 4.74 Å². The van der Waals surface area contributed by atoms with Crippen molar-refractivity contribution in [2.24, 2.45) is 7.05 Å². The normalized spacial score (nSPS) is 11.3. The van der Waals surface area contributed by atoms with Crippen LogP contribution >= 0.6 is 22.9 Å². The van der Waals surface area contributed by atoms with Gasteiger partial charge in [0.2, 0.25) is 0 Å². The van der Waals surface area contributed by atoms with Gasteiger partial charge in [-0.25, -0.2) is 19.3 Å². The Morgan fingerprint density at radius 1 is 1.27 bits per heavy atom. The van der Waals surface area contributed by atoms with Crippen molar-refractivity contribution in [3.63, 3.8) is 0 Å². The van der Waals surface area contributed by atoms with Crippen LogP contribution in [0.3, 0.4) is 0 Å². The van der Waals surface area contributed by atoms with Crippen LogP contribution in [0.15, 0.2) is 30.6 Å². The van der Waals surface area contributed by atoms with E-state index in [9.17, 15) is 4.39 Å². The van der Waals surface area contributed by atoms with Gasteiger partial charge in [0.15, 0.2) is 23.2 Å². The van der Waals surface area contributed by atoms with Gasteiger partial charge in [0.25, 0.3) is 0 Å². The molecule has 5 nitrogen and oxygen atoms in total. The molecule has 0 saturated heterocycles. The molecule has 0 N–H and O–H groups in total. The summed E-state index contributed by atoms with van der Waals surface area (Å²) in [6.45, 7) is 1.89. The van der Waals surface area contributed by atoms with Crippen LogP contribution in [-0.2, 0) is 7.05 Å². The third-order valence-corrected chi connectivity index (χ3v) is 5.69. The van der Waals surface area contributed by atoms with Gasteiger partial charge >= 0.3 is 0 Å². The minimum atomic E-state index is -0.405. The first kappa shape index (κ1) is 16.9. The van der Waals surface area contributed by atoms with E-state index in [0.29, 0.717) is 27.2 Å². The standard InChI is InChI=1S/C18H14ClFN4OS/c1-9-12-15(19)22-16(17-21-7-8-24(17)2)23-18(12)26-14(9)10-5-4-6-11(25-3)13(10)20/h4-8H,1-3H3. The maximum absolute atomic E-state index is 14.7. The van der Waals surface area contributed by atoms with Crippen LogP contribution in [0.4, 0.5) is 4.39 Å². The van der Waals surface area contributed by atoms with E-state index in [4.69, 9.17) is 16.3 Å². The molecule has 8 heteroatoms. The number of nitrogens with zero attached hydrogens (tertiary/aromatic N) is 4. The van der Waals surface area contributed by atoms with Crippen molar-refractivity contribution in [2.45, 2.75) is 6.92 Å². The van der Waals surface area contributed by atoms with E-state index in [2.05, 4.69) is 15.0 Å². The summed E-state index contributed by atoms with van der Waals surface area (Å²) in [5, 5.41) is 1.06. The SMILES string of the molecule is COc1cccc(-c2sc3nc(-c4nccn4C)nc(Cl)c3c2C)c1F. The molecule has 3 aromatic heterocycles. The first-order valence-corrected chi connectivity index (χ1v) is 8.98. The molecule has 0 aliphatic rings. The molecule has 4 rings (SSSR count). The Kier molecular flexibility index (Phi) is 4.13. The van der Waals surface area contributed by atoms with Crippen molar-refractivity contribution in [3.05, 3.63) is 47.1 Å². The summed E-state index contributed by atoms with van der Waals surface area (Å²) in [7, 11) is 3.31. The van der Waals surface area contributed by atoms with Crippen molar-refractivity contribution in [1.82, 2.24) is 19.5 Å². The van der Waals surface area contributed by atoms with Crippen molar-refractivity contribution < 1.29 is 9.13 Å². The fraction of sp³-hybridized carbons (Fsp3) is 0.167. The minimum absolute atomic E-state index is 0.199. The van der Waals surface area contributed by atoms with Crippen LogP contribution in [0.1, 0.15) is 5.56 Å². The molecule has 4 aromatic rings. The Morgan fingerprint density at radius 2 is 2.08 bits per heavy atom. The van der Waals surface area contributed by atoms with Crippen LogP contribution in [0, 0.1) is 12.7 Å². The first-order chi connectivity index (χ1) is 12.5. The molecule has 0 aliphatic heterocycles. The van der Waals surface area contributed by atoms with E-state index in [1.54, 1.807) is 24.4 Å². The van der Waals surface area contributed by atoms with Crippen LogP contribution in [0.5, 0.6) is 5.75 Å². The summed E-state index contributed by atoms with van der Waals surface area (Å²) in [4.78, 5) is 14.7. The fourth-order valence-corrected chi connectivity index (χ4v) is 4.44. The second-order valence-corrected chi connectivity index (χ2v) is 7.12. The number of imidazole rings is 1. The van der Waals surface area contributed by atoms with E-state index in [1.807, 2.05) is 24.7 Å². The number of thiophene rings is 1. The summed E-state index contributed by atoms with van der Waals surface area (Å²) in [6.07, 6.45) is 3.49. The van der Waals surface area contributed by atoms with Crippen LogP contribution in [0.25, 0.3) is 32.3 Å². The Hall–Kier alpha value is -2.51. The third-order valence-electron chi connectivity index (χ3n) is 4.20. The number of hydrogen-bond acceptors (Lipinski definition) is 5. The molecule has 0 radical (unpaired) electrons. The van der Waals surface area contributed by atoms with Gasteiger partial charge in [0.05, 0.1) is 12.5 Å². The molecule has 0 saturated carbocycles. The molecule has 1 aromatic carbocycles. The lowest BCUT2D eigenvalue weighted by Gasteiger charge is -2.06. The van der Waals surface area contributed by atoms with Crippen molar-refractivity contribution in [1.29, 1.82) is 0 Å². The Bertz CT molecular complexity index is 1140. The quantitative estimate of drug-likeness (QED) is 0.470. The van der Waals surface area contributed by atoms with E-state index in [1.165, 1.54) is 18.4 Å². The molecule has 0 unspecified atom stereocenters. The van der Waals surface area contributed by atoms with E-state index < -0.39 is 5.82 Å². The molecule has 0 atom stereocenters. The average Bonchev–Trinajstić information content (AvgIpc) is 3.19. The van der Waals surface area contributed by atoms with E-state index >= 15 is 0 Å². The molecular formula is C18H14ClFN4OS. The molecular weight excluding hydrogens is 375 g/mol. The van der Waals surface area contributed by atoms with Crippen LogP contribution in [0.2, 0.25) is 5.15 Å². The van der Waals surface area contributed by atoms with Gasteiger partial charge < -0.3 is 9.30 Å². The number of fused-ring (bicyclic) bond motifs is 1. The maximum Gasteiger partial charge on any atom is 0.198 e. The molecule has 0 amide bonds. The zero-order valence-electron chi connectivity index (χ0n) is 14.2. The second-order valence-electron chi connectivity index (χ2n) is 5.76. The zero-order valence-corrected chi connectivity index (χ0v) is 15.8. The highest BCUT2D eigenvalue weighted by molar-refractivity contribution is 7.22. The summed E-state index contributed by atoms with van der Waals surface area (Å²) >= 11 is 7.81. The summed E-state index contributed by atoms with van der Waals surface area (Å²) in [5.74, 6) is 0.853. The highest BCUT2D eigenvalue weighted by atomic mass is 35.5. The number of rotatable bonds is 3. The lowest BCUT2D eigenvalue weighted by atomic mass is 10.1. The number of methoxy groups -OCH3 is 1. The first-order valence-electron chi connectivity index (χ1n) is 7.78. The number of aromatic nitrogens is 4. The van der Waals surface area contributed by atoms with Crippen LogP contribution in [-0.4, -0.2) is 26.6 Å². The number of benzene rings is 1. The molecule has 0 aliphatic carbocycles. The molecule has 132 valence electrons. The average molecular weight is 389 g/mol. The lowest BCUT2D eigenvalue weighted by molar-refractivity contribution is 0.387. The summed E-state index contributed by atoms with van der Waals surface area (Å²) < 4.78 is 21.6. The van der Waals surface area contributed by atoms with Gasteiger partial charge in [0, 0.05) is 29.9 Å². The number of aryl methyl sites for hydroxylation is 2. The molecule has 3 heterocycles. The summed E-state index contributed by atoms with van der Waals surface area (Å²) in [5.41, 5.74) is 1.30. The minimum Gasteiger partial charge on any atom is -0.494 e. The van der Waals surface area contributed by atoms with E-state index in [0.717, 1.165) is 15.8 Å². The Morgan fingerprint density at radius 3 is 2.77 bits per heavy atom. The highest BCUT2D eigenvalue weighted by Crippen LogP contribution is 2.42. The maximum atomic E-state index is 14.7. The van der Waals surface area contributed by atoms with Gasteiger partial charge in [0.1, 0.15) is 9.98 Å². The Labute approximate surface area is 158 Å². The predicted molar refractivity (Wildman–Crippen MR) is 101 cm³/mol. The monoisotopic (exact) mass is 388 g/mol. The second kappa shape index (κ2) is 6.34. The van der Waals surface area contributed by atoms with Gasteiger partial charge in [-0.2, -0.15) is 0 Å². The fourth-order valence-electron chi connectivity index (χ4n) is 2.87. The largest absolute Gasteiger partial charge is 0.494 e. The number of hydrogen-bond donors (Lipinski definition) is 0. The van der Waals surface area contributed by atoms with Gasteiger partial charge in [-0.3, -0.25) is 0 Å². The van der Waals surface area contributed by atoms with Crippen molar-refractivity contribution in [3.8, 4) is 27.8 Å². The Balaban J connectivity index is 1.95. The van der Waals surface area contributed by atoms with Crippen molar-refractivity contribution >= 4 is 33.2 Å². The van der Waals surface area contributed by atoms with Gasteiger partial charge in [-0.1, -0.05) is 23.7 Å². The van der Waals surface area contributed by atoms with Gasteiger partial charge in [-0.05, 0) is 18.6 Å². The number of ether oxygens (including phenoxy) is 1. The smallest absolute Gasteiger partial charge is 0.198 e. The molecule has 0 spiro atoms. The number of halogens is 2. The zero-order chi connectivity index (χ0) is 18.4.